The van der Waals surface area contributed by atoms with Crippen LogP contribution < -0.4 is 5.32 Å². The zero-order chi connectivity index (χ0) is 17.7. The number of piperidine rings is 1. The number of amides is 1. The van der Waals surface area contributed by atoms with E-state index >= 15 is 0 Å². The fourth-order valence-corrected chi connectivity index (χ4v) is 3.19. The number of nitrogens with zero attached hydrogens (tertiary/aromatic N) is 1. The molecule has 0 bridgehead atoms. The van der Waals surface area contributed by atoms with Crippen molar-refractivity contribution in [2.45, 2.75) is 65.1 Å². The number of likely N-dealkylation sites (tertiary alicyclic amines) is 1. The minimum Gasteiger partial charge on any atom is -0.381 e. The minimum atomic E-state index is -1.31. The quantitative estimate of drug-likeness (QED) is 0.842. The third-order valence-corrected chi connectivity index (χ3v) is 4.47. The van der Waals surface area contributed by atoms with Gasteiger partial charge in [0.1, 0.15) is 5.60 Å². The Balaban J connectivity index is 1.87. The number of aliphatic hydroxyl groups is 1. The Labute approximate surface area is 146 Å². The van der Waals surface area contributed by atoms with Gasteiger partial charge in [-0.3, -0.25) is 9.69 Å². The van der Waals surface area contributed by atoms with Crippen molar-refractivity contribution >= 4 is 5.91 Å². The van der Waals surface area contributed by atoms with E-state index in [0.29, 0.717) is 5.92 Å². The second kappa shape index (κ2) is 8.13. The predicted octanol–water partition coefficient (Wildman–Crippen LogP) is 2.74. The first-order chi connectivity index (χ1) is 11.2. The van der Waals surface area contributed by atoms with Gasteiger partial charge < -0.3 is 10.4 Å². The molecule has 2 N–H and O–H groups in total. The lowest BCUT2D eigenvalue weighted by atomic mass is 10.0. The number of hydrogen-bond donors (Lipinski definition) is 2. The molecule has 1 saturated heterocycles. The molecule has 0 radical (unpaired) electrons. The molecule has 1 aromatic rings. The van der Waals surface area contributed by atoms with E-state index in [2.05, 4.69) is 48.3 Å². The van der Waals surface area contributed by atoms with E-state index < -0.39 is 5.60 Å². The molecule has 1 fully saturated rings. The average molecular weight is 332 g/mol. The molecule has 4 nitrogen and oxygen atoms in total. The van der Waals surface area contributed by atoms with Crippen LogP contribution in [0, 0.1) is 5.92 Å². The van der Waals surface area contributed by atoms with E-state index in [1.807, 2.05) is 0 Å². The van der Waals surface area contributed by atoms with Gasteiger partial charge in [0, 0.05) is 19.1 Å². The molecular formula is C20H32N2O2. The van der Waals surface area contributed by atoms with Crippen LogP contribution in [0.4, 0.5) is 0 Å². The molecule has 1 aliphatic rings. The van der Waals surface area contributed by atoms with E-state index in [1.165, 1.54) is 25.0 Å². The molecule has 24 heavy (non-hydrogen) atoms. The summed E-state index contributed by atoms with van der Waals surface area (Å²) in [6, 6.07) is 9.02. The van der Waals surface area contributed by atoms with Crippen LogP contribution in [-0.4, -0.2) is 40.6 Å². The highest BCUT2D eigenvalue weighted by atomic mass is 16.3. The lowest BCUT2D eigenvalue weighted by molar-refractivity contribution is -0.137. The fourth-order valence-electron chi connectivity index (χ4n) is 3.19. The Hall–Kier alpha value is -1.39. The van der Waals surface area contributed by atoms with Crippen molar-refractivity contribution in [3.8, 4) is 0 Å². The lowest BCUT2D eigenvalue weighted by Gasteiger charge is -2.34. The minimum absolute atomic E-state index is 0.123. The van der Waals surface area contributed by atoms with Crippen LogP contribution in [0.1, 0.15) is 51.7 Å². The van der Waals surface area contributed by atoms with Gasteiger partial charge in [-0.25, -0.2) is 0 Å². The third kappa shape index (κ3) is 5.91. The first-order valence-corrected chi connectivity index (χ1v) is 9.07. The topological polar surface area (TPSA) is 52.6 Å². The van der Waals surface area contributed by atoms with Crippen LogP contribution in [0.3, 0.4) is 0 Å². The Bertz CT molecular complexity index is 532. The maximum absolute atomic E-state index is 11.9. The summed E-state index contributed by atoms with van der Waals surface area (Å²) in [7, 11) is 0. The van der Waals surface area contributed by atoms with E-state index in [4.69, 9.17) is 0 Å². The number of nitrogens with one attached hydrogen (secondary N) is 1. The molecule has 0 aromatic heterocycles. The molecule has 0 saturated carbocycles. The van der Waals surface area contributed by atoms with Crippen molar-refractivity contribution in [1.29, 1.82) is 0 Å². The molecule has 1 heterocycles. The molecule has 134 valence electrons. The summed E-state index contributed by atoms with van der Waals surface area (Å²) in [6.45, 7) is 10.4. The van der Waals surface area contributed by atoms with Gasteiger partial charge in [0.15, 0.2) is 0 Å². The second-order valence-corrected chi connectivity index (χ2v) is 8.02. The monoisotopic (exact) mass is 332 g/mol. The van der Waals surface area contributed by atoms with Gasteiger partial charge in [-0.1, -0.05) is 38.1 Å². The summed E-state index contributed by atoms with van der Waals surface area (Å²) in [6.07, 6.45) is 3.17. The Morgan fingerprint density at radius 3 is 2.50 bits per heavy atom. The van der Waals surface area contributed by atoms with Crippen LogP contribution in [-0.2, 0) is 17.8 Å². The maximum atomic E-state index is 11.9. The second-order valence-electron chi connectivity index (χ2n) is 8.02. The summed E-state index contributed by atoms with van der Waals surface area (Å²) in [5.74, 6) is 0.394. The van der Waals surface area contributed by atoms with Gasteiger partial charge in [-0.15, -0.1) is 0 Å². The highest BCUT2D eigenvalue weighted by Crippen LogP contribution is 2.16. The molecule has 1 atom stereocenters. The number of carbonyl (C=O) groups is 1. The van der Waals surface area contributed by atoms with Crippen LogP contribution in [0.15, 0.2) is 24.3 Å². The number of carbonyl (C=O) groups excluding carboxylic acids is 1. The molecule has 1 unspecified atom stereocenters. The van der Waals surface area contributed by atoms with Gasteiger partial charge in [-0.05, 0) is 56.7 Å². The van der Waals surface area contributed by atoms with Crippen molar-refractivity contribution in [3.63, 3.8) is 0 Å². The highest BCUT2D eigenvalue weighted by Gasteiger charge is 2.28. The van der Waals surface area contributed by atoms with Crippen LogP contribution in [0.25, 0.3) is 0 Å². The molecule has 4 heteroatoms. The van der Waals surface area contributed by atoms with Gasteiger partial charge in [0.2, 0.25) is 0 Å². The van der Waals surface area contributed by atoms with Crippen LogP contribution in [0.2, 0.25) is 0 Å². The molecule has 0 aliphatic carbocycles. The van der Waals surface area contributed by atoms with E-state index in [0.717, 1.165) is 38.9 Å². The van der Waals surface area contributed by atoms with Crippen LogP contribution in [0.5, 0.6) is 0 Å². The molecule has 1 amide bonds. The van der Waals surface area contributed by atoms with Gasteiger partial charge in [-0.2, -0.15) is 0 Å². The summed E-state index contributed by atoms with van der Waals surface area (Å²) >= 11 is 0. The Morgan fingerprint density at radius 1 is 1.29 bits per heavy atom. The first kappa shape index (κ1) is 18.9. The van der Waals surface area contributed by atoms with Crippen molar-refractivity contribution in [3.05, 3.63) is 35.4 Å². The maximum Gasteiger partial charge on any atom is 0.251 e. The number of benzene rings is 1. The molecule has 1 aromatic carbocycles. The van der Waals surface area contributed by atoms with Gasteiger partial charge in [0.25, 0.3) is 5.91 Å². The summed E-state index contributed by atoms with van der Waals surface area (Å²) < 4.78 is 0. The summed E-state index contributed by atoms with van der Waals surface area (Å²) in [5.41, 5.74) is 1.40. The summed E-state index contributed by atoms with van der Waals surface area (Å²) in [4.78, 5) is 14.3. The standard InChI is InChI=1S/C20H32N2O2/c1-15(2)12-16-7-9-17(10-8-16)13-22-11-5-6-18(14-22)21-19(23)20(3,4)24/h7-10,15,18,24H,5-6,11-14H2,1-4H3,(H,21,23). The Kier molecular flexibility index (Phi) is 6.41. The largest absolute Gasteiger partial charge is 0.381 e. The highest BCUT2D eigenvalue weighted by molar-refractivity contribution is 5.84. The lowest BCUT2D eigenvalue weighted by Crippen LogP contribution is -2.52. The zero-order valence-electron chi connectivity index (χ0n) is 15.5. The van der Waals surface area contributed by atoms with Crippen molar-refractivity contribution < 1.29 is 9.90 Å². The smallest absolute Gasteiger partial charge is 0.251 e. The first-order valence-electron chi connectivity index (χ1n) is 9.07. The average Bonchev–Trinajstić information content (AvgIpc) is 2.48. The molecular weight excluding hydrogens is 300 g/mol. The number of hydrogen-bond acceptors (Lipinski definition) is 3. The SMILES string of the molecule is CC(C)Cc1ccc(CN2CCCC(NC(=O)C(C)(C)O)C2)cc1. The van der Waals surface area contributed by atoms with E-state index in [1.54, 1.807) is 0 Å². The Morgan fingerprint density at radius 2 is 1.92 bits per heavy atom. The zero-order valence-corrected chi connectivity index (χ0v) is 15.5. The van der Waals surface area contributed by atoms with Gasteiger partial charge >= 0.3 is 0 Å². The third-order valence-electron chi connectivity index (χ3n) is 4.47. The fraction of sp³-hybridized carbons (Fsp3) is 0.650. The van der Waals surface area contributed by atoms with Crippen LogP contribution >= 0.6 is 0 Å². The van der Waals surface area contributed by atoms with E-state index in [9.17, 15) is 9.90 Å². The molecule has 1 aliphatic heterocycles. The van der Waals surface area contributed by atoms with Crippen molar-refractivity contribution in [2.75, 3.05) is 13.1 Å². The van der Waals surface area contributed by atoms with Crippen molar-refractivity contribution in [2.24, 2.45) is 5.92 Å². The molecule has 0 spiro atoms. The number of rotatable bonds is 6. The van der Waals surface area contributed by atoms with E-state index in [-0.39, 0.29) is 11.9 Å². The predicted molar refractivity (Wildman–Crippen MR) is 97.7 cm³/mol. The molecule has 2 rings (SSSR count). The van der Waals surface area contributed by atoms with Crippen molar-refractivity contribution in [1.82, 2.24) is 10.2 Å². The normalized spacial score (nSPS) is 19.5. The van der Waals surface area contributed by atoms with Gasteiger partial charge in [0.05, 0.1) is 0 Å². The summed E-state index contributed by atoms with van der Waals surface area (Å²) in [5, 5.41) is 12.8.